The maximum absolute atomic E-state index is 11.7. The number of primary amides is 1. The Labute approximate surface area is 98.1 Å². The van der Waals surface area contributed by atoms with Crippen molar-refractivity contribution in [1.29, 1.82) is 0 Å². The van der Waals surface area contributed by atoms with Crippen molar-refractivity contribution in [1.82, 2.24) is 5.32 Å². The number of hydrogen-bond acceptors (Lipinski definition) is 4. The van der Waals surface area contributed by atoms with Gasteiger partial charge in [0.25, 0.3) is 5.91 Å². The van der Waals surface area contributed by atoms with Crippen molar-refractivity contribution in [2.24, 2.45) is 5.73 Å². The van der Waals surface area contributed by atoms with Crippen LogP contribution < -0.4 is 11.1 Å². The van der Waals surface area contributed by atoms with Crippen LogP contribution in [0.4, 0.5) is 0 Å². The molecule has 0 fully saturated rings. The summed E-state index contributed by atoms with van der Waals surface area (Å²) in [5, 5.41) is 20.0. The first-order valence-electron chi connectivity index (χ1n) is 5.02. The SMILES string of the molecule is NC(=O)c1ccccc1C(=O)NCC(O)CO. The first-order chi connectivity index (χ1) is 8.06. The van der Waals surface area contributed by atoms with Crippen LogP contribution in [0, 0.1) is 0 Å². The van der Waals surface area contributed by atoms with Gasteiger partial charge in [0.1, 0.15) is 0 Å². The predicted molar refractivity (Wildman–Crippen MR) is 60.4 cm³/mol. The Kier molecular flexibility index (Phi) is 4.62. The number of carbonyl (C=O) groups excluding carboxylic acids is 2. The van der Waals surface area contributed by atoms with E-state index in [9.17, 15) is 9.59 Å². The number of benzene rings is 1. The fourth-order valence-electron chi connectivity index (χ4n) is 1.27. The van der Waals surface area contributed by atoms with Crippen molar-refractivity contribution >= 4 is 11.8 Å². The summed E-state index contributed by atoms with van der Waals surface area (Å²) in [4.78, 5) is 22.8. The topological polar surface area (TPSA) is 113 Å². The summed E-state index contributed by atoms with van der Waals surface area (Å²) in [6.07, 6.45) is -1.03. The maximum atomic E-state index is 11.7. The molecule has 1 aromatic rings. The molecule has 0 spiro atoms. The van der Waals surface area contributed by atoms with Gasteiger partial charge in [0.05, 0.1) is 23.8 Å². The van der Waals surface area contributed by atoms with Crippen LogP contribution in [-0.4, -0.2) is 41.3 Å². The Morgan fingerprint density at radius 1 is 1.29 bits per heavy atom. The molecular formula is C11H14N2O4. The molecule has 6 nitrogen and oxygen atoms in total. The Morgan fingerprint density at radius 2 is 1.88 bits per heavy atom. The van der Waals surface area contributed by atoms with Gasteiger partial charge in [-0.3, -0.25) is 9.59 Å². The second-order valence-electron chi connectivity index (χ2n) is 3.46. The molecule has 1 rings (SSSR count). The Bertz CT molecular complexity index is 420. The molecule has 0 saturated heterocycles. The molecule has 0 aromatic heterocycles. The van der Waals surface area contributed by atoms with Crippen molar-refractivity contribution in [3.63, 3.8) is 0 Å². The third-order valence-electron chi connectivity index (χ3n) is 2.15. The van der Waals surface area contributed by atoms with Gasteiger partial charge in [0, 0.05) is 6.54 Å². The second kappa shape index (κ2) is 5.97. The summed E-state index contributed by atoms with van der Waals surface area (Å²) in [6, 6.07) is 6.10. The molecule has 5 N–H and O–H groups in total. The van der Waals surface area contributed by atoms with Gasteiger partial charge >= 0.3 is 0 Å². The summed E-state index contributed by atoms with van der Waals surface area (Å²) in [5.41, 5.74) is 5.38. The van der Waals surface area contributed by atoms with E-state index >= 15 is 0 Å². The van der Waals surface area contributed by atoms with Gasteiger partial charge in [-0.15, -0.1) is 0 Å². The number of aliphatic hydroxyl groups excluding tert-OH is 2. The molecule has 17 heavy (non-hydrogen) atoms. The van der Waals surface area contributed by atoms with Crippen LogP contribution in [-0.2, 0) is 0 Å². The average molecular weight is 238 g/mol. The van der Waals surface area contributed by atoms with Gasteiger partial charge in [0.2, 0.25) is 5.91 Å². The molecule has 1 atom stereocenters. The molecule has 0 saturated carbocycles. The molecule has 0 radical (unpaired) electrons. The zero-order valence-corrected chi connectivity index (χ0v) is 9.09. The number of nitrogens with two attached hydrogens (primary N) is 1. The number of amides is 2. The molecule has 0 bridgehead atoms. The molecule has 6 heteroatoms. The van der Waals surface area contributed by atoms with Crippen LogP contribution in [0.3, 0.4) is 0 Å². The monoisotopic (exact) mass is 238 g/mol. The van der Waals surface area contributed by atoms with E-state index in [1.807, 2.05) is 0 Å². The summed E-state index contributed by atoms with van der Waals surface area (Å²) < 4.78 is 0. The molecule has 2 amide bonds. The van der Waals surface area contributed by atoms with E-state index in [-0.39, 0.29) is 17.7 Å². The van der Waals surface area contributed by atoms with Crippen LogP contribution in [0.2, 0.25) is 0 Å². The van der Waals surface area contributed by atoms with Gasteiger partial charge < -0.3 is 21.3 Å². The van der Waals surface area contributed by atoms with E-state index in [0.717, 1.165) is 0 Å². The summed E-state index contributed by atoms with van der Waals surface area (Å²) in [5.74, 6) is -1.22. The molecule has 0 aliphatic carbocycles. The van der Waals surface area contributed by atoms with Gasteiger partial charge in [-0.2, -0.15) is 0 Å². The van der Waals surface area contributed by atoms with Crippen molar-refractivity contribution in [3.05, 3.63) is 35.4 Å². The summed E-state index contributed by atoms with van der Waals surface area (Å²) in [7, 11) is 0. The van der Waals surface area contributed by atoms with Crippen LogP contribution in [0.5, 0.6) is 0 Å². The number of rotatable bonds is 5. The lowest BCUT2D eigenvalue weighted by molar-refractivity contribution is 0.0798. The zero-order chi connectivity index (χ0) is 12.8. The highest BCUT2D eigenvalue weighted by Crippen LogP contribution is 2.07. The Morgan fingerprint density at radius 3 is 2.41 bits per heavy atom. The minimum atomic E-state index is -1.03. The summed E-state index contributed by atoms with van der Waals surface area (Å²) in [6.45, 7) is -0.541. The largest absolute Gasteiger partial charge is 0.394 e. The van der Waals surface area contributed by atoms with E-state index in [0.29, 0.717) is 0 Å². The molecular weight excluding hydrogens is 224 g/mol. The van der Waals surface area contributed by atoms with Gasteiger partial charge in [-0.25, -0.2) is 0 Å². The van der Waals surface area contributed by atoms with Crippen molar-refractivity contribution in [3.8, 4) is 0 Å². The van der Waals surface area contributed by atoms with Crippen LogP contribution >= 0.6 is 0 Å². The third kappa shape index (κ3) is 3.54. The first kappa shape index (κ1) is 13.1. The van der Waals surface area contributed by atoms with Gasteiger partial charge in [-0.05, 0) is 12.1 Å². The predicted octanol–water partition coefficient (Wildman–Crippen LogP) is -1.13. The molecule has 1 unspecified atom stereocenters. The molecule has 1 aromatic carbocycles. The number of hydrogen-bond donors (Lipinski definition) is 4. The molecule has 0 aliphatic rings. The highest BCUT2D eigenvalue weighted by molar-refractivity contribution is 6.06. The van der Waals surface area contributed by atoms with Gasteiger partial charge in [-0.1, -0.05) is 12.1 Å². The molecule has 0 heterocycles. The lowest BCUT2D eigenvalue weighted by atomic mass is 10.1. The van der Waals surface area contributed by atoms with Crippen LogP contribution in [0.1, 0.15) is 20.7 Å². The van der Waals surface area contributed by atoms with Crippen molar-refractivity contribution in [2.45, 2.75) is 6.10 Å². The van der Waals surface area contributed by atoms with E-state index in [2.05, 4.69) is 5.32 Å². The highest BCUT2D eigenvalue weighted by Gasteiger charge is 2.14. The fraction of sp³-hybridized carbons (Fsp3) is 0.273. The number of nitrogens with one attached hydrogen (secondary N) is 1. The minimum Gasteiger partial charge on any atom is -0.394 e. The first-order valence-corrected chi connectivity index (χ1v) is 5.02. The minimum absolute atomic E-state index is 0.0948. The zero-order valence-electron chi connectivity index (χ0n) is 9.09. The van der Waals surface area contributed by atoms with E-state index in [1.165, 1.54) is 12.1 Å². The number of aliphatic hydroxyl groups is 2. The van der Waals surface area contributed by atoms with Gasteiger partial charge in [0.15, 0.2) is 0 Å². The Balaban J connectivity index is 2.78. The molecule has 0 aliphatic heterocycles. The van der Waals surface area contributed by atoms with Crippen LogP contribution in [0.15, 0.2) is 24.3 Å². The Hall–Kier alpha value is -1.92. The second-order valence-corrected chi connectivity index (χ2v) is 3.46. The maximum Gasteiger partial charge on any atom is 0.252 e. The molecule has 92 valence electrons. The lowest BCUT2D eigenvalue weighted by Gasteiger charge is -2.10. The van der Waals surface area contributed by atoms with E-state index < -0.39 is 24.5 Å². The van der Waals surface area contributed by atoms with Crippen LogP contribution in [0.25, 0.3) is 0 Å². The lowest BCUT2D eigenvalue weighted by Crippen LogP contribution is -2.34. The number of carbonyl (C=O) groups is 2. The average Bonchev–Trinajstić information content (AvgIpc) is 2.35. The highest BCUT2D eigenvalue weighted by atomic mass is 16.3. The fourth-order valence-corrected chi connectivity index (χ4v) is 1.27. The summed E-state index contributed by atoms with van der Waals surface area (Å²) >= 11 is 0. The third-order valence-corrected chi connectivity index (χ3v) is 2.15. The van der Waals surface area contributed by atoms with E-state index in [1.54, 1.807) is 12.1 Å². The van der Waals surface area contributed by atoms with E-state index in [4.69, 9.17) is 15.9 Å². The van der Waals surface area contributed by atoms with Crippen molar-refractivity contribution in [2.75, 3.05) is 13.2 Å². The smallest absolute Gasteiger partial charge is 0.252 e. The quantitative estimate of drug-likeness (QED) is 0.519. The van der Waals surface area contributed by atoms with Crippen molar-refractivity contribution < 1.29 is 19.8 Å². The standard InChI is InChI=1S/C11H14N2O4/c12-10(16)8-3-1-2-4-9(8)11(17)13-5-7(15)6-14/h1-4,7,14-15H,5-6H2,(H2,12,16)(H,13,17). The normalized spacial score (nSPS) is 11.9.